The zero-order chi connectivity index (χ0) is 9.68. The Balaban J connectivity index is 2.39. The highest BCUT2D eigenvalue weighted by Gasteiger charge is 2.11. The first kappa shape index (κ1) is 11.6. The molecule has 0 spiro atoms. The molecular formula is C9H13BrOS2. The van der Waals surface area contributed by atoms with E-state index in [0.29, 0.717) is 0 Å². The van der Waals surface area contributed by atoms with E-state index >= 15 is 0 Å². The molecule has 0 saturated heterocycles. The predicted molar refractivity (Wildman–Crippen MR) is 64.6 cm³/mol. The Morgan fingerprint density at radius 2 is 2.46 bits per heavy atom. The van der Waals surface area contributed by atoms with Gasteiger partial charge in [0.1, 0.15) is 0 Å². The van der Waals surface area contributed by atoms with Crippen LogP contribution in [0, 0.1) is 0 Å². The van der Waals surface area contributed by atoms with Gasteiger partial charge in [-0.3, -0.25) is 0 Å². The number of hydrogen-bond acceptors (Lipinski definition) is 3. The van der Waals surface area contributed by atoms with Gasteiger partial charge < -0.3 is 5.11 Å². The fraction of sp³-hybridized carbons (Fsp3) is 0.556. The van der Waals surface area contributed by atoms with Crippen LogP contribution in [0.15, 0.2) is 15.9 Å². The van der Waals surface area contributed by atoms with Gasteiger partial charge in [-0.1, -0.05) is 6.92 Å². The summed E-state index contributed by atoms with van der Waals surface area (Å²) in [7, 11) is 0. The van der Waals surface area contributed by atoms with Crippen molar-refractivity contribution in [3.05, 3.63) is 20.8 Å². The smallest absolute Gasteiger partial charge is 0.0983 e. The van der Waals surface area contributed by atoms with Crippen LogP contribution in [0.25, 0.3) is 0 Å². The number of aliphatic hydroxyl groups is 1. The summed E-state index contributed by atoms with van der Waals surface area (Å²) in [4.78, 5) is 1.05. The first-order valence-corrected chi connectivity index (χ1v) is 7.07. The van der Waals surface area contributed by atoms with Gasteiger partial charge in [-0.15, -0.1) is 11.3 Å². The van der Waals surface area contributed by atoms with Gasteiger partial charge in [0.2, 0.25) is 0 Å². The maximum absolute atomic E-state index is 9.78. The molecule has 0 aliphatic heterocycles. The molecule has 4 heteroatoms. The van der Waals surface area contributed by atoms with Crippen LogP contribution in [0.4, 0.5) is 0 Å². The molecule has 13 heavy (non-hydrogen) atoms. The molecule has 0 fully saturated rings. The van der Waals surface area contributed by atoms with E-state index in [9.17, 15) is 5.11 Å². The fourth-order valence-corrected chi connectivity index (χ4v) is 3.53. The zero-order valence-electron chi connectivity index (χ0n) is 7.50. The third-order valence-electron chi connectivity index (χ3n) is 1.57. The highest BCUT2D eigenvalue weighted by atomic mass is 79.9. The number of thiophene rings is 1. The van der Waals surface area contributed by atoms with Crippen molar-refractivity contribution >= 4 is 39.0 Å². The maximum atomic E-state index is 9.78. The van der Waals surface area contributed by atoms with Crippen molar-refractivity contribution in [1.82, 2.24) is 0 Å². The Morgan fingerprint density at radius 3 is 3.00 bits per heavy atom. The second-order valence-corrected chi connectivity index (χ2v) is 5.68. The molecule has 1 rings (SSSR count). The number of thioether (sulfide) groups is 1. The second-order valence-electron chi connectivity index (χ2n) is 2.72. The number of hydrogen-bond donors (Lipinski definition) is 1. The Kier molecular flexibility index (Phi) is 5.39. The van der Waals surface area contributed by atoms with Crippen LogP contribution < -0.4 is 0 Å². The summed E-state index contributed by atoms with van der Waals surface area (Å²) in [5.74, 6) is 1.92. The van der Waals surface area contributed by atoms with Gasteiger partial charge in [0.15, 0.2) is 0 Å². The van der Waals surface area contributed by atoms with Crippen LogP contribution in [0.3, 0.4) is 0 Å². The van der Waals surface area contributed by atoms with Crippen molar-refractivity contribution in [2.75, 3.05) is 11.5 Å². The zero-order valence-corrected chi connectivity index (χ0v) is 10.7. The quantitative estimate of drug-likeness (QED) is 0.831. The number of aliphatic hydroxyl groups excluding tert-OH is 1. The molecule has 0 aliphatic carbocycles. The van der Waals surface area contributed by atoms with Gasteiger partial charge >= 0.3 is 0 Å². The lowest BCUT2D eigenvalue weighted by Gasteiger charge is -2.08. The molecule has 1 N–H and O–H groups in total. The molecule has 0 saturated carbocycles. The molecule has 1 unspecified atom stereocenters. The molecule has 0 aromatic carbocycles. The van der Waals surface area contributed by atoms with E-state index in [1.165, 1.54) is 6.42 Å². The van der Waals surface area contributed by atoms with E-state index < -0.39 is 0 Å². The molecule has 1 aromatic heterocycles. The first-order chi connectivity index (χ1) is 6.25. The van der Waals surface area contributed by atoms with E-state index in [-0.39, 0.29) is 6.10 Å². The van der Waals surface area contributed by atoms with Gasteiger partial charge in [0.05, 0.1) is 6.10 Å². The SMILES string of the molecule is CCCSCC(O)c1sccc1Br. The molecule has 1 heterocycles. The highest BCUT2D eigenvalue weighted by molar-refractivity contribution is 9.10. The van der Waals surface area contributed by atoms with Crippen LogP contribution in [-0.4, -0.2) is 16.6 Å². The number of rotatable bonds is 5. The van der Waals surface area contributed by atoms with Crippen LogP contribution in [0.2, 0.25) is 0 Å². The minimum Gasteiger partial charge on any atom is -0.387 e. The Morgan fingerprint density at radius 1 is 1.69 bits per heavy atom. The van der Waals surface area contributed by atoms with Crippen molar-refractivity contribution in [2.24, 2.45) is 0 Å². The average Bonchev–Trinajstić information content (AvgIpc) is 2.52. The van der Waals surface area contributed by atoms with Gasteiger partial charge in [0, 0.05) is 15.1 Å². The van der Waals surface area contributed by atoms with E-state index in [1.807, 2.05) is 11.4 Å². The third-order valence-corrected chi connectivity index (χ3v) is 4.79. The van der Waals surface area contributed by atoms with E-state index in [1.54, 1.807) is 23.1 Å². The predicted octanol–water partition coefficient (Wildman–Crippen LogP) is 3.69. The lowest BCUT2D eigenvalue weighted by atomic mass is 10.3. The monoisotopic (exact) mass is 280 g/mol. The largest absolute Gasteiger partial charge is 0.387 e. The summed E-state index contributed by atoms with van der Waals surface area (Å²) in [5, 5.41) is 11.8. The normalized spacial score (nSPS) is 13.2. The molecule has 0 aliphatic rings. The minimum atomic E-state index is -0.314. The van der Waals surface area contributed by atoms with Crippen molar-refractivity contribution in [2.45, 2.75) is 19.4 Å². The molecular weight excluding hydrogens is 268 g/mol. The van der Waals surface area contributed by atoms with Crippen LogP contribution in [0.5, 0.6) is 0 Å². The van der Waals surface area contributed by atoms with Crippen molar-refractivity contribution in [3.63, 3.8) is 0 Å². The lowest BCUT2D eigenvalue weighted by Crippen LogP contribution is -1.99. The van der Waals surface area contributed by atoms with Crippen molar-refractivity contribution in [3.8, 4) is 0 Å². The molecule has 1 atom stereocenters. The molecule has 0 radical (unpaired) electrons. The average molecular weight is 281 g/mol. The van der Waals surface area contributed by atoms with Crippen LogP contribution in [-0.2, 0) is 0 Å². The summed E-state index contributed by atoms with van der Waals surface area (Å²) in [6.07, 6.45) is 0.856. The highest BCUT2D eigenvalue weighted by Crippen LogP contribution is 2.30. The Labute approximate surface area is 95.7 Å². The van der Waals surface area contributed by atoms with Gasteiger partial charge in [0.25, 0.3) is 0 Å². The van der Waals surface area contributed by atoms with E-state index in [4.69, 9.17) is 0 Å². The topological polar surface area (TPSA) is 20.2 Å². The van der Waals surface area contributed by atoms with Gasteiger partial charge in [-0.25, -0.2) is 0 Å². The van der Waals surface area contributed by atoms with E-state index in [0.717, 1.165) is 20.9 Å². The standard InChI is InChI=1S/C9H13BrOS2/c1-2-4-12-6-8(11)9-7(10)3-5-13-9/h3,5,8,11H,2,4,6H2,1H3. The van der Waals surface area contributed by atoms with Gasteiger partial charge in [-0.2, -0.15) is 11.8 Å². The molecule has 1 aromatic rings. The molecule has 1 nitrogen and oxygen atoms in total. The lowest BCUT2D eigenvalue weighted by molar-refractivity contribution is 0.207. The maximum Gasteiger partial charge on any atom is 0.0983 e. The fourth-order valence-electron chi connectivity index (χ4n) is 0.958. The minimum absolute atomic E-state index is 0.314. The summed E-state index contributed by atoms with van der Waals surface area (Å²) in [5.41, 5.74) is 0. The van der Waals surface area contributed by atoms with Crippen LogP contribution in [0.1, 0.15) is 24.3 Å². The molecule has 0 bridgehead atoms. The second kappa shape index (κ2) is 6.06. The Hall–Kier alpha value is 0.490. The molecule has 74 valence electrons. The summed E-state index contributed by atoms with van der Waals surface area (Å²) in [6.45, 7) is 2.15. The number of halogens is 1. The Bertz CT molecular complexity index is 250. The van der Waals surface area contributed by atoms with Crippen molar-refractivity contribution in [1.29, 1.82) is 0 Å². The summed E-state index contributed by atoms with van der Waals surface area (Å²) in [6, 6.07) is 1.98. The summed E-state index contributed by atoms with van der Waals surface area (Å²) < 4.78 is 1.03. The first-order valence-electron chi connectivity index (χ1n) is 4.24. The van der Waals surface area contributed by atoms with Crippen LogP contribution >= 0.6 is 39.0 Å². The van der Waals surface area contributed by atoms with Gasteiger partial charge in [-0.05, 0) is 39.6 Å². The van der Waals surface area contributed by atoms with Crippen molar-refractivity contribution < 1.29 is 5.11 Å². The molecule has 0 amide bonds. The third kappa shape index (κ3) is 3.62. The summed E-state index contributed by atoms with van der Waals surface area (Å²) >= 11 is 6.83. The van der Waals surface area contributed by atoms with E-state index in [2.05, 4.69) is 22.9 Å².